The minimum Gasteiger partial charge on any atom is -0.347 e. The summed E-state index contributed by atoms with van der Waals surface area (Å²) in [5, 5.41) is 1.45. The molecular formula is C27H38N2O. The largest absolute Gasteiger partial charge is 0.347 e. The molecule has 2 saturated carbocycles. The summed E-state index contributed by atoms with van der Waals surface area (Å²) in [6, 6.07) is 7.32. The van der Waals surface area contributed by atoms with E-state index in [0.717, 1.165) is 30.8 Å². The van der Waals surface area contributed by atoms with Crippen molar-refractivity contribution in [3.63, 3.8) is 0 Å². The van der Waals surface area contributed by atoms with E-state index in [0.29, 0.717) is 18.4 Å². The zero-order chi connectivity index (χ0) is 20.8. The van der Waals surface area contributed by atoms with Crippen LogP contribution in [0.15, 0.2) is 24.4 Å². The van der Waals surface area contributed by atoms with E-state index >= 15 is 0 Å². The minimum absolute atomic E-state index is 0.272. The smallest absolute Gasteiger partial charge is 0.223 e. The Labute approximate surface area is 181 Å². The molecule has 2 aliphatic carbocycles. The number of piperidine rings is 1. The zero-order valence-corrected chi connectivity index (χ0v) is 19.1. The van der Waals surface area contributed by atoms with Crippen LogP contribution in [-0.4, -0.2) is 28.0 Å². The maximum atomic E-state index is 13.5. The number of carbonyl (C=O) groups excluding carboxylic acids is 1. The van der Waals surface area contributed by atoms with Crippen molar-refractivity contribution < 1.29 is 4.79 Å². The molecule has 30 heavy (non-hydrogen) atoms. The summed E-state index contributed by atoms with van der Waals surface area (Å²) in [5.74, 6) is 2.91. The van der Waals surface area contributed by atoms with Crippen LogP contribution in [0.1, 0.15) is 95.1 Å². The van der Waals surface area contributed by atoms with Crippen LogP contribution >= 0.6 is 0 Å². The molecular weight excluding hydrogens is 368 g/mol. The van der Waals surface area contributed by atoms with Crippen LogP contribution in [0, 0.1) is 11.8 Å². The predicted octanol–water partition coefficient (Wildman–Crippen LogP) is 6.46. The number of aryl methyl sites for hydroxylation is 1. The van der Waals surface area contributed by atoms with Gasteiger partial charge in [0.05, 0.1) is 0 Å². The van der Waals surface area contributed by atoms with E-state index in [4.69, 9.17) is 0 Å². The first-order chi connectivity index (χ1) is 14.6. The van der Waals surface area contributed by atoms with Gasteiger partial charge in [0.15, 0.2) is 0 Å². The fourth-order valence-electron chi connectivity index (χ4n) is 6.57. The molecule has 0 N–H and O–H groups in total. The molecule has 0 bridgehead atoms. The molecule has 2 heterocycles. The van der Waals surface area contributed by atoms with E-state index in [-0.39, 0.29) is 5.92 Å². The van der Waals surface area contributed by atoms with Gasteiger partial charge >= 0.3 is 0 Å². The summed E-state index contributed by atoms with van der Waals surface area (Å²) in [6.07, 6.45) is 12.0. The fourth-order valence-corrected chi connectivity index (χ4v) is 6.57. The molecule has 2 aromatic rings. The highest BCUT2D eigenvalue weighted by Crippen LogP contribution is 2.46. The molecule has 4 unspecified atom stereocenters. The summed E-state index contributed by atoms with van der Waals surface area (Å²) in [4.78, 5) is 15.8. The van der Waals surface area contributed by atoms with Crippen LogP contribution in [0.4, 0.5) is 0 Å². The van der Waals surface area contributed by atoms with E-state index in [1.165, 1.54) is 67.0 Å². The summed E-state index contributed by atoms with van der Waals surface area (Å²) in [6.45, 7) is 8.87. The molecule has 1 saturated heterocycles. The first-order valence-electron chi connectivity index (χ1n) is 12.5. The van der Waals surface area contributed by atoms with Crippen LogP contribution < -0.4 is 0 Å². The molecule has 0 radical (unpaired) electrons. The van der Waals surface area contributed by atoms with E-state index in [1.807, 2.05) is 0 Å². The zero-order valence-electron chi connectivity index (χ0n) is 19.1. The van der Waals surface area contributed by atoms with E-state index in [2.05, 4.69) is 54.6 Å². The lowest BCUT2D eigenvalue weighted by molar-refractivity contribution is -0.138. The highest BCUT2D eigenvalue weighted by atomic mass is 16.2. The monoisotopic (exact) mass is 406 g/mol. The van der Waals surface area contributed by atoms with Crippen LogP contribution in [0.3, 0.4) is 0 Å². The molecule has 1 aliphatic heterocycles. The molecule has 3 aliphatic rings. The SMILES string of the molecule is CCn1cc(C(C)CC(=O)N2CCCC3C(C)CCCC32)c2c(C3CC3)cccc21. The van der Waals surface area contributed by atoms with Gasteiger partial charge in [0.1, 0.15) is 0 Å². The Balaban J connectivity index is 1.41. The molecule has 4 atom stereocenters. The standard InChI is InChI=1S/C27H38N2O/c1-4-28-17-23(27-22(20-13-14-20)9-6-12-25(27)28)19(3)16-26(30)29-15-7-10-21-18(2)8-5-11-24(21)29/h6,9,12,17-21,24H,4-5,7-8,10-11,13-16H2,1-3H3. The average molecular weight is 407 g/mol. The van der Waals surface area contributed by atoms with Gasteiger partial charge in [-0.15, -0.1) is 0 Å². The number of likely N-dealkylation sites (tertiary alicyclic amines) is 1. The summed E-state index contributed by atoms with van der Waals surface area (Å²) in [5.41, 5.74) is 4.27. The Hall–Kier alpha value is -1.77. The van der Waals surface area contributed by atoms with Crippen molar-refractivity contribution in [2.45, 2.75) is 96.6 Å². The van der Waals surface area contributed by atoms with Gasteiger partial charge in [0.2, 0.25) is 5.91 Å². The highest BCUT2D eigenvalue weighted by molar-refractivity contribution is 5.89. The lowest BCUT2D eigenvalue weighted by atomic mass is 9.72. The Morgan fingerprint density at radius 2 is 1.97 bits per heavy atom. The maximum absolute atomic E-state index is 13.5. The van der Waals surface area contributed by atoms with Crippen molar-refractivity contribution in [3.05, 3.63) is 35.5 Å². The minimum atomic E-state index is 0.272. The Morgan fingerprint density at radius 3 is 2.73 bits per heavy atom. The molecule has 1 aromatic heterocycles. The number of fused-ring (bicyclic) bond motifs is 2. The normalized spacial score (nSPS) is 27.8. The van der Waals surface area contributed by atoms with Crippen LogP contribution in [0.5, 0.6) is 0 Å². The molecule has 0 spiro atoms. The van der Waals surface area contributed by atoms with Crippen molar-refractivity contribution in [2.75, 3.05) is 6.54 Å². The number of nitrogens with zero attached hydrogens (tertiary/aromatic N) is 2. The van der Waals surface area contributed by atoms with Crippen molar-refractivity contribution in [1.29, 1.82) is 0 Å². The van der Waals surface area contributed by atoms with E-state index < -0.39 is 0 Å². The van der Waals surface area contributed by atoms with Gasteiger partial charge in [0, 0.05) is 42.7 Å². The molecule has 162 valence electrons. The van der Waals surface area contributed by atoms with Gasteiger partial charge in [0.25, 0.3) is 0 Å². The molecule has 3 fully saturated rings. The maximum Gasteiger partial charge on any atom is 0.223 e. The van der Waals surface area contributed by atoms with Gasteiger partial charge in [-0.2, -0.15) is 0 Å². The topological polar surface area (TPSA) is 25.2 Å². The van der Waals surface area contributed by atoms with Gasteiger partial charge in [-0.1, -0.05) is 38.8 Å². The second-order valence-electron chi connectivity index (χ2n) is 10.4. The van der Waals surface area contributed by atoms with Crippen LogP contribution in [-0.2, 0) is 11.3 Å². The van der Waals surface area contributed by atoms with E-state index in [9.17, 15) is 4.79 Å². The predicted molar refractivity (Wildman–Crippen MR) is 124 cm³/mol. The number of hydrogen-bond donors (Lipinski definition) is 0. The third-order valence-corrected chi connectivity index (χ3v) is 8.38. The summed E-state index contributed by atoms with van der Waals surface area (Å²) < 4.78 is 2.39. The van der Waals surface area contributed by atoms with Gasteiger partial charge < -0.3 is 9.47 Å². The van der Waals surface area contributed by atoms with Gasteiger partial charge in [-0.3, -0.25) is 4.79 Å². The summed E-state index contributed by atoms with van der Waals surface area (Å²) >= 11 is 0. The Bertz CT molecular complexity index is 924. The average Bonchev–Trinajstić information content (AvgIpc) is 3.53. The lowest BCUT2D eigenvalue weighted by Crippen LogP contribution is -2.51. The number of benzene rings is 1. The Morgan fingerprint density at radius 1 is 1.13 bits per heavy atom. The molecule has 5 rings (SSSR count). The quantitative estimate of drug-likeness (QED) is 0.559. The number of hydrogen-bond acceptors (Lipinski definition) is 1. The van der Waals surface area contributed by atoms with E-state index in [1.54, 1.807) is 0 Å². The number of carbonyl (C=O) groups is 1. The second kappa shape index (κ2) is 8.05. The van der Waals surface area contributed by atoms with Crippen molar-refractivity contribution in [1.82, 2.24) is 9.47 Å². The molecule has 3 heteroatoms. The number of aromatic nitrogens is 1. The lowest BCUT2D eigenvalue weighted by Gasteiger charge is -2.47. The summed E-state index contributed by atoms with van der Waals surface area (Å²) in [7, 11) is 0. The third-order valence-electron chi connectivity index (χ3n) is 8.38. The highest BCUT2D eigenvalue weighted by Gasteiger charge is 2.39. The third kappa shape index (κ3) is 3.48. The Kier molecular flexibility index (Phi) is 5.41. The van der Waals surface area contributed by atoms with Crippen molar-refractivity contribution >= 4 is 16.8 Å². The van der Waals surface area contributed by atoms with Crippen molar-refractivity contribution in [3.8, 4) is 0 Å². The molecule has 1 aromatic carbocycles. The van der Waals surface area contributed by atoms with Gasteiger partial charge in [-0.25, -0.2) is 0 Å². The van der Waals surface area contributed by atoms with Crippen molar-refractivity contribution in [2.24, 2.45) is 11.8 Å². The number of amides is 1. The first-order valence-corrected chi connectivity index (χ1v) is 12.5. The molecule has 1 amide bonds. The fraction of sp³-hybridized carbons (Fsp3) is 0.667. The van der Waals surface area contributed by atoms with Gasteiger partial charge in [-0.05, 0) is 79.9 Å². The second-order valence-corrected chi connectivity index (χ2v) is 10.4. The van der Waals surface area contributed by atoms with Crippen LogP contribution in [0.2, 0.25) is 0 Å². The van der Waals surface area contributed by atoms with Crippen LogP contribution in [0.25, 0.3) is 10.9 Å². The molecule has 3 nitrogen and oxygen atoms in total. The number of rotatable bonds is 5. The first kappa shape index (κ1) is 20.2.